The number of carbonyl (C=O) groups excluding carboxylic acids is 5. The van der Waals surface area contributed by atoms with Crippen LogP contribution in [-0.4, -0.2) is 96.5 Å². The summed E-state index contributed by atoms with van der Waals surface area (Å²) in [5.41, 5.74) is 5.76. The lowest BCUT2D eigenvalue weighted by Crippen LogP contribution is -2.48. The third-order valence-corrected chi connectivity index (χ3v) is 30.3. The smallest absolute Gasteiger partial charge is 0.270 e. The second-order valence-corrected chi connectivity index (χ2v) is 40.2. The van der Waals surface area contributed by atoms with Crippen LogP contribution < -0.4 is 63.9 Å². The first kappa shape index (κ1) is 108. The Bertz CT molecular complexity index is 6070. The molecule has 5 aliphatic carbocycles. The number of thiol groups is 2. The van der Waals surface area contributed by atoms with Crippen LogP contribution in [0.15, 0.2) is 174 Å². The van der Waals surface area contributed by atoms with Crippen molar-refractivity contribution in [2.24, 2.45) is 0 Å². The molecule has 722 valence electrons. The number of amides is 5. The van der Waals surface area contributed by atoms with Crippen molar-refractivity contribution in [3.8, 4) is 11.5 Å². The monoisotopic (exact) mass is 2080 g/mol. The van der Waals surface area contributed by atoms with E-state index in [2.05, 4.69) is 97.7 Å². The molecule has 2 aromatic carbocycles. The van der Waals surface area contributed by atoms with Gasteiger partial charge in [0.05, 0.1) is 38.3 Å². The van der Waals surface area contributed by atoms with E-state index in [9.17, 15) is 47.9 Å². The number of benzene rings is 2. The molecule has 38 heteroatoms. The number of halogens is 5. The average Bonchev–Trinajstić information content (AvgIpc) is 1.60. The lowest BCUT2D eigenvalue weighted by Gasteiger charge is -2.35. The van der Waals surface area contributed by atoms with Gasteiger partial charge in [0, 0.05) is 30.1 Å². The Hall–Kier alpha value is -9.23. The predicted molar refractivity (Wildman–Crippen MR) is 544 cm³/mol. The number of rotatable bonds is 10. The molecule has 13 heterocycles. The highest BCUT2D eigenvalue weighted by Crippen LogP contribution is 2.44. The van der Waals surface area contributed by atoms with Crippen LogP contribution in [-0.2, 0) is 39.8 Å². The van der Waals surface area contributed by atoms with Crippen LogP contribution in [0.5, 0.6) is 11.5 Å². The molecule has 0 radical (unpaired) electrons. The molecular formula is C97H117BrCl4N16O12S5. The first-order chi connectivity index (χ1) is 62.8. The molecule has 5 amide bonds. The van der Waals surface area contributed by atoms with Gasteiger partial charge >= 0.3 is 0 Å². The van der Waals surface area contributed by atoms with Gasteiger partial charge in [-0.2, -0.15) is 12.6 Å². The number of methoxy groups -OCH3 is 2. The average molecular weight is 2080 g/mol. The second-order valence-electron chi connectivity index (χ2n) is 34.0. The van der Waals surface area contributed by atoms with Crippen molar-refractivity contribution in [2.45, 2.75) is 294 Å². The highest BCUT2D eigenvalue weighted by molar-refractivity contribution is 9.10. The number of fused-ring (bicyclic) bond motifs is 10. The van der Waals surface area contributed by atoms with E-state index in [0.717, 1.165) is 198 Å². The number of ether oxygens (including phenoxy) is 2. The highest BCUT2D eigenvalue weighted by atomic mass is 79.9. The van der Waals surface area contributed by atoms with E-state index in [1.165, 1.54) is 59.9 Å². The summed E-state index contributed by atoms with van der Waals surface area (Å²) >= 11 is 38.1. The van der Waals surface area contributed by atoms with Gasteiger partial charge in [0.2, 0.25) is 15.9 Å². The number of nitrogens with zero attached hydrogens (tertiary/aromatic N) is 11. The number of aryl methyl sites for hydroxylation is 5. The van der Waals surface area contributed by atoms with Crippen LogP contribution in [0.25, 0.3) is 0 Å². The number of pyridine rings is 5. The summed E-state index contributed by atoms with van der Waals surface area (Å²) in [4.78, 5) is 152. The summed E-state index contributed by atoms with van der Waals surface area (Å²) in [6.07, 6.45) is 28.9. The van der Waals surface area contributed by atoms with Gasteiger partial charge in [-0.3, -0.25) is 70.8 Å². The van der Waals surface area contributed by atoms with Crippen molar-refractivity contribution < 1.29 is 33.4 Å². The molecule has 5 aliphatic heterocycles. The lowest BCUT2D eigenvalue weighted by atomic mass is 9.89. The predicted octanol–water partition coefficient (Wildman–Crippen LogP) is 20.6. The van der Waals surface area contributed by atoms with Crippen LogP contribution in [0, 0.1) is 34.6 Å². The lowest BCUT2D eigenvalue weighted by molar-refractivity contribution is 0.0866. The van der Waals surface area contributed by atoms with E-state index < -0.39 is 28.3 Å². The Morgan fingerprint density at radius 2 is 0.652 bits per heavy atom. The van der Waals surface area contributed by atoms with Crippen LogP contribution >= 0.6 is 123 Å². The Morgan fingerprint density at radius 3 is 0.956 bits per heavy atom. The van der Waals surface area contributed by atoms with Gasteiger partial charge < -0.3 is 36.1 Å². The summed E-state index contributed by atoms with van der Waals surface area (Å²) in [6.45, 7) is 9.38. The third-order valence-electron chi connectivity index (χ3n) is 25.3. The minimum absolute atomic E-state index is 0. The molecule has 5 fully saturated rings. The summed E-state index contributed by atoms with van der Waals surface area (Å²) in [5, 5.41) is 17.4. The first-order valence-electron chi connectivity index (χ1n) is 43.6. The van der Waals surface area contributed by atoms with Crippen LogP contribution in [0.4, 0.5) is 0 Å². The van der Waals surface area contributed by atoms with Gasteiger partial charge in [-0.25, -0.2) is 29.9 Å². The van der Waals surface area contributed by atoms with E-state index in [-0.39, 0.29) is 103 Å². The topological polar surface area (TPSA) is 351 Å². The Labute approximate surface area is 838 Å². The number of aromatic nitrogens is 11. The fourth-order valence-corrected chi connectivity index (χ4v) is 23.8. The molecule has 10 aliphatic rings. The molecule has 0 unspecified atom stereocenters. The van der Waals surface area contributed by atoms with Crippen LogP contribution in [0.1, 0.15) is 282 Å². The molecule has 0 atom stereocenters. The minimum atomic E-state index is -0.577. The number of thioether (sulfide) groups is 1. The maximum Gasteiger partial charge on any atom is 0.270 e. The van der Waals surface area contributed by atoms with E-state index >= 15 is 0 Å². The molecule has 5 N–H and O–H groups in total. The van der Waals surface area contributed by atoms with Crippen molar-refractivity contribution in [1.29, 1.82) is 0 Å². The first-order valence-corrected chi connectivity index (χ1v) is 49.6. The van der Waals surface area contributed by atoms with E-state index in [4.69, 9.17) is 55.9 Å². The molecule has 0 bridgehead atoms. The van der Waals surface area contributed by atoms with Crippen molar-refractivity contribution >= 4 is 152 Å². The summed E-state index contributed by atoms with van der Waals surface area (Å²) < 4.78 is 19.2. The third kappa shape index (κ3) is 23.2. The molecule has 28 nitrogen and oxygen atoms in total. The van der Waals surface area contributed by atoms with Crippen molar-refractivity contribution in [3.63, 3.8) is 0 Å². The Morgan fingerprint density at radius 1 is 0.370 bits per heavy atom. The zero-order chi connectivity index (χ0) is 93.4. The van der Waals surface area contributed by atoms with Crippen molar-refractivity contribution in [3.05, 3.63) is 260 Å². The maximum atomic E-state index is 13.3. The Kier molecular flexibility index (Phi) is 37.1. The van der Waals surface area contributed by atoms with Gasteiger partial charge in [0.25, 0.3) is 57.3 Å². The van der Waals surface area contributed by atoms with Gasteiger partial charge in [0.15, 0.2) is 0 Å². The number of nitrogens with one attached hydrogen (secondary N) is 5. The van der Waals surface area contributed by atoms with E-state index in [1.54, 1.807) is 91.9 Å². The Balaban J connectivity index is 0.000000166. The summed E-state index contributed by atoms with van der Waals surface area (Å²) in [7, 11) is 3.31. The highest BCUT2D eigenvalue weighted by Gasteiger charge is 2.51. The van der Waals surface area contributed by atoms with E-state index in [0.29, 0.717) is 73.5 Å². The standard InChI is InChI=1S/C21H24N2O3S.2C17H17ClN4O2S.C13H15BrN2O2.C13H16N2O2S.C8H10OS.C4H2Cl2N2.4CH4/c1-14-12-17(27-13-15-6-8-16(26-2)9-7-15)20(25)23-18(14)19(24)22-21(23)10-4-3-5-11-21;2*1-10-9-11(25-12-5-8-19-16(18)20-12)15(24)22-13(10)14(23)21-17(22)6-3-2-4-7-17;1-8-7-9(14)12(18)16-10(8)11(17)15-13(16)5-3-2-4-6-13;1-8-7-9(18)12(17)15-10(8)11(16)14-13(15)5-3-2-4-6-13;1-9-8-4-2-7(6-10)3-5-8;5-3-1-2-7-4(6)8-3;;;;/h6-9,12H,3-5,10-11,13H2,1-2H3,(H,22,24);2*5,8-9H,2-4,6-7H2,1H3,(H,21,23);7H,2-6H2,1H3,(H,15,17);7,18H,2-6H2,1H3,(H,14,16);2-5,10H,6H2,1H3;1-2H;4*1H4. The maximum absolute atomic E-state index is 13.3. The molecule has 5 saturated carbocycles. The number of hydrogen-bond donors (Lipinski definition) is 7. The molecule has 8 aromatic heterocycles. The quantitative estimate of drug-likeness (QED) is 0.0289. The number of hydrogen-bond acceptors (Lipinski definition) is 23. The van der Waals surface area contributed by atoms with Crippen molar-refractivity contribution in [1.82, 2.24) is 79.3 Å². The van der Waals surface area contributed by atoms with Gasteiger partial charge in [0.1, 0.15) is 83.5 Å². The SMILES string of the molecule is C.C.C.C.COc1ccc(CS)cc1.COc1ccc(CSc2cc(C)c3n(c2=O)C2(CCCCC2)NC3=O)cc1.Cc1cc(Br)c(=O)n2c1C(=O)NC21CCCCC1.Cc1cc(S)c(=O)n2c1C(=O)NC21CCCCC1.Cc1cc(Sc2ccnc(Cl)n2)c(=O)n2c1C(=O)NC21CCCCC1.Cc1cc(Sc2ccnc(Cl)n2)c(=O)n2c1C(=O)NC21CCCCC1.Clc1ccnc(Cl)n1. The van der Waals surface area contributed by atoms with Crippen molar-refractivity contribution in [2.75, 3.05) is 14.2 Å². The molecule has 10 aromatic rings. The summed E-state index contributed by atoms with van der Waals surface area (Å²) in [5.74, 6) is 2.54. The van der Waals surface area contributed by atoms with E-state index in [1.807, 2.05) is 89.2 Å². The second kappa shape index (κ2) is 46.5. The fraction of sp³-hybridized carbons (Fsp3) is 0.443. The molecule has 0 saturated heterocycles. The van der Waals surface area contributed by atoms with Gasteiger partial charge in [-0.05, 0) is 326 Å². The molecule has 20 rings (SSSR count). The molecular weight excluding hydrogens is 1960 g/mol. The van der Waals surface area contributed by atoms with Crippen LogP contribution in [0.2, 0.25) is 21.0 Å². The van der Waals surface area contributed by atoms with Gasteiger partial charge in [-0.1, -0.05) is 121 Å². The van der Waals surface area contributed by atoms with Gasteiger partial charge in [-0.15, -0.1) is 24.4 Å². The zero-order valence-electron chi connectivity index (χ0n) is 73.4. The largest absolute Gasteiger partial charge is 0.497 e. The minimum Gasteiger partial charge on any atom is -0.497 e. The number of carbonyl (C=O) groups is 5. The molecule has 5 spiro atoms. The normalized spacial score (nSPS) is 17.1. The summed E-state index contributed by atoms with van der Waals surface area (Å²) in [6, 6.07) is 29.5. The fourth-order valence-electron chi connectivity index (χ4n) is 19.2. The van der Waals surface area contributed by atoms with Crippen LogP contribution in [0.3, 0.4) is 0 Å². The molecule has 135 heavy (non-hydrogen) atoms. The zero-order valence-corrected chi connectivity index (χ0v) is 82.2.